The molecule has 0 bridgehead atoms. The Morgan fingerprint density at radius 2 is 1.73 bits per heavy atom. The highest BCUT2D eigenvalue weighted by atomic mass is 32.1. The molecule has 4 heteroatoms. The van der Waals surface area contributed by atoms with Crippen LogP contribution in [0.1, 0.15) is 15.9 Å². The molecule has 0 atom stereocenters. The Kier molecular flexibility index (Phi) is 3.91. The van der Waals surface area contributed by atoms with Gasteiger partial charge in [-0.1, -0.05) is 12.1 Å². The molecule has 0 saturated heterocycles. The highest BCUT2D eigenvalue weighted by Gasteiger charge is 2.16. The molecule has 80 valence electrons. The summed E-state index contributed by atoms with van der Waals surface area (Å²) in [5.74, 6) is 0. The van der Waals surface area contributed by atoms with Gasteiger partial charge in [-0.05, 0) is 22.9 Å². The number of hydrogen-bond acceptors (Lipinski definition) is 4. The van der Waals surface area contributed by atoms with Crippen molar-refractivity contribution in [2.45, 2.75) is 6.10 Å². The van der Waals surface area contributed by atoms with E-state index >= 15 is 0 Å². The van der Waals surface area contributed by atoms with Crippen molar-refractivity contribution in [2.24, 2.45) is 5.73 Å². The average Bonchev–Trinajstić information content (AvgIpc) is 2.90. The van der Waals surface area contributed by atoms with Gasteiger partial charge >= 0.3 is 0 Å². The third-order valence-corrected chi connectivity index (χ3v) is 3.84. The lowest BCUT2D eigenvalue weighted by molar-refractivity contribution is 0.0912. The molecule has 0 aliphatic heterocycles. The SMILES string of the molecule is NCCOC(c1cccs1)c1cccs1. The fourth-order valence-electron chi connectivity index (χ4n) is 1.37. The third kappa shape index (κ3) is 2.66. The van der Waals surface area contributed by atoms with Gasteiger partial charge in [0.15, 0.2) is 0 Å². The molecule has 0 amide bonds. The van der Waals surface area contributed by atoms with Crippen LogP contribution in [-0.4, -0.2) is 13.2 Å². The van der Waals surface area contributed by atoms with E-state index in [0.29, 0.717) is 13.2 Å². The van der Waals surface area contributed by atoms with Crippen molar-refractivity contribution < 1.29 is 4.74 Å². The molecule has 2 rings (SSSR count). The molecule has 0 aromatic carbocycles. The lowest BCUT2D eigenvalue weighted by Crippen LogP contribution is -2.12. The van der Waals surface area contributed by atoms with Gasteiger partial charge in [0.05, 0.1) is 6.61 Å². The molecule has 2 aromatic heterocycles. The molecule has 2 aromatic rings. The third-order valence-electron chi connectivity index (χ3n) is 2.01. The maximum atomic E-state index is 5.78. The second-order valence-corrected chi connectivity index (χ2v) is 5.03. The van der Waals surface area contributed by atoms with E-state index in [1.54, 1.807) is 22.7 Å². The quantitative estimate of drug-likeness (QED) is 0.870. The first-order valence-electron chi connectivity index (χ1n) is 4.80. The summed E-state index contributed by atoms with van der Waals surface area (Å²) in [6.45, 7) is 1.16. The van der Waals surface area contributed by atoms with E-state index < -0.39 is 0 Å². The number of hydrogen-bond donors (Lipinski definition) is 1. The zero-order chi connectivity index (χ0) is 10.5. The van der Waals surface area contributed by atoms with Crippen LogP contribution in [0.4, 0.5) is 0 Å². The summed E-state index contributed by atoms with van der Waals surface area (Å²) in [6.07, 6.45) is 0.0635. The van der Waals surface area contributed by atoms with Crippen molar-refractivity contribution in [3.05, 3.63) is 44.8 Å². The van der Waals surface area contributed by atoms with Gasteiger partial charge in [-0.2, -0.15) is 0 Å². The van der Waals surface area contributed by atoms with Crippen molar-refractivity contribution in [3.63, 3.8) is 0 Å². The number of nitrogens with two attached hydrogens (primary N) is 1. The van der Waals surface area contributed by atoms with Crippen LogP contribution in [0.3, 0.4) is 0 Å². The van der Waals surface area contributed by atoms with Gasteiger partial charge in [-0.3, -0.25) is 0 Å². The van der Waals surface area contributed by atoms with E-state index in [9.17, 15) is 0 Å². The normalized spacial score (nSPS) is 11.1. The van der Waals surface area contributed by atoms with Crippen LogP contribution < -0.4 is 5.73 Å². The highest BCUT2D eigenvalue weighted by molar-refractivity contribution is 7.11. The summed E-state index contributed by atoms with van der Waals surface area (Å²) in [5, 5.41) is 4.14. The van der Waals surface area contributed by atoms with Gasteiger partial charge in [0.25, 0.3) is 0 Å². The molecule has 2 heterocycles. The Labute approximate surface area is 97.3 Å². The number of ether oxygens (including phenoxy) is 1. The van der Waals surface area contributed by atoms with E-state index in [2.05, 4.69) is 22.9 Å². The Morgan fingerprint density at radius 3 is 2.13 bits per heavy atom. The van der Waals surface area contributed by atoms with Crippen LogP contribution in [0.5, 0.6) is 0 Å². The molecule has 0 spiro atoms. The first-order chi connectivity index (χ1) is 7.42. The van der Waals surface area contributed by atoms with Crippen LogP contribution in [-0.2, 0) is 4.74 Å². The predicted octanol–water partition coefficient (Wildman–Crippen LogP) is 2.87. The summed E-state index contributed by atoms with van der Waals surface area (Å²) in [6, 6.07) is 8.30. The minimum atomic E-state index is 0.0635. The Balaban J connectivity index is 2.17. The van der Waals surface area contributed by atoms with E-state index in [1.165, 1.54) is 9.75 Å². The minimum absolute atomic E-state index is 0.0635. The zero-order valence-electron chi connectivity index (χ0n) is 8.26. The van der Waals surface area contributed by atoms with Gasteiger partial charge in [0.2, 0.25) is 0 Å². The van der Waals surface area contributed by atoms with Crippen molar-refractivity contribution >= 4 is 22.7 Å². The predicted molar refractivity (Wildman–Crippen MR) is 65.5 cm³/mol. The van der Waals surface area contributed by atoms with E-state index in [-0.39, 0.29) is 6.10 Å². The lowest BCUT2D eigenvalue weighted by atomic mass is 10.2. The minimum Gasteiger partial charge on any atom is -0.366 e. The van der Waals surface area contributed by atoms with Crippen LogP contribution in [0.25, 0.3) is 0 Å². The topological polar surface area (TPSA) is 35.2 Å². The summed E-state index contributed by atoms with van der Waals surface area (Å²) >= 11 is 3.44. The Bertz CT molecular complexity index is 335. The van der Waals surface area contributed by atoms with Gasteiger partial charge in [0.1, 0.15) is 6.10 Å². The fourth-order valence-corrected chi connectivity index (χ4v) is 3.03. The van der Waals surface area contributed by atoms with Crippen LogP contribution in [0, 0.1) is 0 Å². The van der Waals surface area contributed by atoms with Gasteiger partial charge in [-0.25, -0.2) is 0 Å². The highest BCUT2D eigenvalue weighted by Crippen LogP contribution is 2.31. The summed E-state index contributed by atoms with van der Waals surface area (Å²) < 4.78 is 5.78. The number of rotatable bonds is 5. The molecule has 2 nitrogen and oxygen atoms in total. The summed E-state index contributed by atoms with van der Waals surface area (Å²) in [4.78, 5) is 2.48. The first kappa shape index (κ1) is 10.8. The maximum Gasteiger partial charge on any atom is 0.126 e. The maximum absolute atomic E-state index is 5.78. The van der Waals surface area contributed by atoms with E-state index in [4.69, 9.17) is 10.5 Å². The van der Waals surface area contributed by atoms with E-state index in [1.807, 2.05) is 12.1 Å². The molecule has 0 fully saturated rings. The van der Waals surface area contributed by atoms with Crippen molar-refractivity contribution in [1.82, 2.24) is 0 Å². The Morgan fingerprint density at radius 1 is 1.13 bits per heavy atom. The number of thiophene rings is 2. The van der Waals surface area contributed by atoms with Crippen LogP contribution in [0.15, 0.2) is 35.0 Å². The molecule has 2 N–H and O–H groups in total. The van der Waals surface area contributed by atoms with Crippen molar-refractivity contribution in [2.75, 3.05) is 13.2 Å². The van der Waals surface area contributed by atoms with Gasteiger partial charge < -0.3 is 10.5 Å². The molecule has 0 saturated carbocycles. The standard InChI is InChI=1S/C11H13NOS2/c12-5-6-13-11(9-3-1-7-14-9)10-4-2-8-15-10/h1-4,7-8,11H,5-6,12H2. The summed E-state index contributed by atoms with van der Waals surface area (Å²) in [7, 11) is 0. The molecule has 0 radical (unpaired) electrons. The molecule has 15 heavy (non-hydrogen) atoms. The molecule has 0 aliphatic rings. The summed E-state index contributed by atoms with van der Waals surface area (Å²) in [5.41, 5.74) is 5.47. The molecule has 0 aliphatic carbocycles. The zero-order valence-corrected chi connectivity index (χ0v) is 9.89. The molecule has 0 unspecified atom stereocenters. The van der Waals surface area contributed by atoms with Crippen molar-refractivity contribution in [3.8, 4) is 0 Å². The van der Waals surface area contributed by atoms with Gasteiger partial charge in [0, 0.05) is 16.3 Å². The van der Waals surface area contributed by atoms with Crippen LogP contribution >= 0.6 is 22.7 Å². The lowest BCUT2D eigenvalue weighted by Gasteiger charge is -2.14. The smallest absolute Gasteiger partial charge is 0.126 e. The van der Waals surface area contributed by atoms with Crippen LogP contribution in [0.2, 0.25) is 0 Å². The van der Waals surface area contributed by atoms with E-state index in [0.717, 1.165) is 0 Å². The van der Waals surface area contributed by atoms with Gasteiger partial charge in [-0.15, -0.1) is 22.7 Å². The second-order valence-electron chi connectivity index (χ2n) is 3.07. The largest absolute Gasteiger partial charge is 0.366 e. The fraction of sp³-hybridized carbons (Fsp3) is 0.273. The molecular weight excluding hydrogens is 226 g/mol. The van der Waals surface area contributed by atoms with Crippen molar-refractivity contribution in [1.29, 1.82) is 0 Å². The second kappa shape index (κ2) is 5.42. The molecular formula is C11H13NOS2. The average molecular weight is 239 g/mol. The monoisotopic (exact) mass is 239 g/mol. The Hall–Kier alpha value is -0.680. The first-order valence-corrected chi connectivity index (χ1v) is 6.56.